The molecule has 318 valence electrons. The fourth-order valence-corrected chi connectivity index (χ4v) is 8.57. The summed E-state index contributed by atoms with van der Waals surface area (Å²) in [5, 5.41) is 14.3. The molecular weight excluding hydrogens is 787 g/mol. The number of esters is 2. The summed E-state index contributed by atoms with van der Waals surface area (Å²) in [5.74, 6) is -2.17. The van der Waals surface area contributed by atoms with Gasteiger partial charge in [-0.15, -0.1) is 0 Å². The predicted octanol–water partition coefficient (Wildman–Crippen LogP) is 5.71. The molecule has 1 saturated carbocycles. The van der Waals surface area contributed by atoms with Crippen LogP contribution < -0.4 is 5.32 Å². The SMILES string of the molecule is CC1(C)O[C@@H]2[C@H](O1)[C@@H](COC[PH]1(O)OCOC(=O)C(C)(C)COCCCCOCC(C)(C)C(=O)OCO1)O[C@H]2n1ccc2c(NC3CCCC3)c(C#N)c(Cl)nc21. The molecule has 0 amide bonds. The Hall–Kier alpha value is -2.72. The third-order valence-electron chi connectivity index (χ3n) is 10.4. The van der Waals surface area contributed by atoms with Crippen LogP contribution in [-0.4, -0.2) is 109 Å². The van der Waals surface area contributed by atoms with Crippen molar-refractivity contribution in [3.63, 3.8) is 0 Å². The third kappa shape index (κ3) is 10.5. The minimum absolute atomic E-state index is 0.0720. The van der Waals surface area contributed by atoms with Crippen molar-refractivity contribution in [1.29, 1.82) is 5.26 Å². The van der Waals surface area contributed by atoms with Crippen LogP contribution in [0.4, 0.5) is 5.69 Å². The fraction of sp³-hybridized carbons (Fsp3) is 0.737. The van der Waals surface area contributed by atoms with Crippen molar-refractivity contribution >= 4 is 48.2 Å². The average Bonchev–Trinajstić information content (AvgIpc) is 3.94. The number of ether oxygens (including phenoxy) is 8. The van der Waals surface area contributed by atoms with Crippen LogP contribution in [0.15, 0.2) is 12.3 Å². The quantitative estimate of drug-likeness (QED) is 0.195. The summed E-state index contributed by atoms with van der Waals surface area (Å²) in [5.41, 5.74) is -0.579. The number of halogens is 1. The van der Waals surface area contributed by atoms with Crippen molar-refractivity contribution in [2.75, 3.05) is 58.3 Å². The van der Waals surface area contributed by atoms with Crippen LogP contribution in [0.25, 0.3) is 11.0 Å². The molecule has 3 saturated heterocycles. The maximum atomic E-state index is 12.9. The number of hydrogen-bond donors (Lipinski definition) is 2. The molecule has 0 radical (unpaired) electrons. The number of nitrogens with zero attached hydrogens (tertiary/aromatic N) is 3. The van der Waals surface area contributed by atoms with Gasteiger partial charge in [0.05, 0.1) is 0 Å². The minimum atomic E-state index is -4.35. The Labute approximate surface area is 338 Å². The number of anilines is 1. The van der Waals surface area contributed by atoms with Gasteiger partial charge in [0.2, 0.25) is 0 Å². The molecule has 19 heteroatoms. The zero-order valence-corrected chi connectivity index (χ0v) is 35.3. The van der Waals surface area contributed by atoms with Gasteiger partial charge in [0.25, 0.3) is 0 Å². The molecule has 1 aliphatic carbocycles. The second kappa shape index (κ2) is 18.3. The molecule has 57 heavy (non-hydrogen) atoms. The third-order valence-corrected chi connectivity index (χ3v) is 12.4. The first kappa shape index (κ1) is 43.8. The van der Waals surface area contributed by atoms with E-state index in [4.69, 9.17) is 58.5 Å². The van der Waals surface area contributed by atoms with Gasteiger partial charge in [0.15, 0.2) is 0 Å². The van der Waals surface area contributed by atoms with Crippen LogP contribution in [0.1, 0.15) is 91.9 Å². The van der Waals surface area contributed by atoms with E-state index in [1.165, 1.54) is 0 Å². The molecule has 0 bridgehead atoms. The number of carbonyl (C=O) groups excluding carboxylic acids is 2. The molecule has 6 rings (SSSR count). The standard InChI is InChI=1S/C38H56ClN4O13P/c1-36(2)19-47-15-9-10-16-48-20-37(3,4)35(45)51-22-53-57(46,52-21-50-34(36)44)23-49-18-27-29-30(56-38(5,6)55-29)33(54-27)43-14-13-25-28(41-24-11-7-8-12-24)26(17-40)31(39)42-32(25)43/h13-14,24,27,29-30,33,46,57H,7-12,15-16,18-23H2,1-6H3,(H,41,42)/t27-,29-,30-,33-/m1/s1. The first-order chi connectivity index (χ1) is 27.0. The molecule has 4 atom stereocenters. The van der Waals surface area contributed by atoms with Crippen molar-refractivity contribution < 1.29 is 61.4 Å². The van der Waals surface area contributed by atoms with Gasteiger partial charge in [-0.2, -0.15) is 5.26 Å². The number of hydrogen-bond acceptors (Lipinski definition) is 16. The van der Waals surface area contributed by atoms with Gasteiger partial charge in [-0.1, -0.05) is 12.8 Å². The Morgan fingerprint density at radius 1 is 0.965 bits per heavy atom. The Kier molecular flexibility index (Phi) is 14.1. The van der Waals surface area contributed by atoms with Gasteiger partial charge in [-0.05, 0) is 12.8 Å². The molecule has 2 aromatic heterocycles. The van der Waals surface area contributed by atoms with E-state index in [-0.39, 0.29) is 36.6 Å². The average molecular weight is 843 g/mol. The van der Waals surface area contributed by atoms with E-state index in [0.29, 0.717) is 37.4 Å². The number of nitriles is 1. The number of pyridine rings is 1. The fourth-order valence-electron chi connectivity index (χ4n) is 7.24. The number of cyclic esters (lactones) is 2. The van der Waals surface area contributed by atoms with Gasteiger partial charge < -0.3 is 0 Å². The van der Waals surface area contributed by atoms with Crippen molar-refractivity contribution in [3.8, 4) is 6.07 Å². The molecular formula is C38H56ClN4O13P. The normalized spacial score (nSPS) is 29.3. The number of rotatable bonds is 7. The van der Waals surface area contributed by atoms with Crippen LogP contribution in [-0.2, 0) is 56.5 Å². The topological polar surface area (TPSA) is 200 Å². The van der Waals surface area contributed by atoms with Crippen LogP contribution in [0.3, 0.4) is 0 Å². The van der Waals surface area contributed by atoms with Gasteiger partial charge in [-0.25, -0.2) is 0 Å². The molecule has 3 aliphatic heterocycles. The summed E-state index contributed by atoms with van der Waals surface area (Å²) in [4.78, 5) is 42.0. The summed E-state index contributed by atoms with van der Waals surface area (Å²) in [7, 11) is -4.35. The molecule has 4 aliphatic rings. The predicted molar refractivity (Wildman–Crippen MR) is 207 cm³/mol. The summed E-state index contributed by atoms with van der Waals surface area (Å²) >= 11 is 6.61. The van der Waals surface area contributed by atoms with E-state index < -0.39 is 81.0 Å². The van der Waals surface area contributed by atoms with Crippen LogP contribution in [0, 0.1) is 22.2 Å². The molecule has 0 unspecified atom stereocenters. The van der Waals surface area contributed by atoms with Crippen molar-refractivity contribution in [1.82, 2.24) is 9.55 Å². The molecule has 0 aromatic carbocycles. The van der Waals surface area contributed by atoms with Crippen LogP contribution >= 0.6 is 19.5 Å². The van der Waals surface area contributed by atoms with E-state index in [9.17, 15) is 19.7 Å². The van der Waals surface area contributed by atoms with E-state index >= 15 is 0 Å². The number of aromatic nitrogens is 2. The first-order valence-corrected chi connectivity index (χ1v) is 21.8. The first-order valence-electron chi connectivity index (χ1n) is 19.5. The maximum absolute atomic E-state index is 12.9. The van der Waals surface area contributed by atoms with E-state index in [2.05, 4.69) is 16.4 Å². The molecule has 4 fully saturated rings. The Morgan fingerprint density at radius 2 is 1.56 bits per heavy atom. The monoisotopic (exact) mass is 842 g/mol. The molecule has 0 spiro atoms. The molecule has 17 nitrogen and oxygen atoms in total. The summed E-state index contributed by atoms with van der Waals surface area (Å²) in [6, 6.07) is 4.30. The Morgan fingerprint density at radius 3 is 2.16 bits per heavy atom. The van der Waals surface area contributed by atoms with Crippen molar-refractivity contribution in [2.24, 2.45) is 10.8 Å². The van der Waals surface area contributed by atoms with E-state index in [1.807, 2.05) is 16.8 Å². The second-order valence-electron chi connectivity index (χ2n) is 16.7. The molecule has 2 aromatic rings. The van der Waals surface area contributed by atoms with Crippen LogP contribution in [0.2, 0.25) is 5.15 Å². The Bertz CT molecular complexity index is 1740. The zero-order valence-electron chi connectivity index (χ0n) is 33.5. The zero-order chi connectivity index (χ0) is 41.0. The number of carbonyl (C=O) groups is 2. The summed E-state index contributed by atoms with van der Waals surface area (Å²) in [6.45, 7) is 9.97. The van der Waals surface area contributed by atoms with Crippen molar-refractivity contribution in [3.05, 3.63) is 23.0 Å². The summed E-state index contributed by atoms with van der Waals surface area (Å²) < 4.78 is 60.4. The van der Waals surface area contributed by atoms with Gasteiger partial charge >= 0.3 is 308 Å². The van der Waals surface area contributed by atoms with E-state index in [0.717, 1.165) is 31.1 Å². The Balaban J connectivity index is 1.16. The number of nitrogens with one attached hydrogen (secondary N) is 1. The molecule has 5 heterocycles. The second-order valence-corrected chi connectivity index (χ2v) is 19.3. The van der Waals surface area contributed by atoms with Gasteiger partial charge in [-0.3, -0.25) is 0 Å². The van der Waals surface area contributed by atoms with Crippen molar-refractivity contribution in [2.45, 2.75) is 116 Å². The number of fused-ring (bicyclic) bond motifs is 2. The molecule has 2 N–H and O–H groups in total. The van der Waals surface area contributed by atoms with Crippen LogP contribution in [0.5, 0.6) is 0 Å². The summed E-state index contributed by atoms with van der Waals surface area (Å²) in [6.07, 6.45) is 4.32. The van der Waals surface area contributed by atoms with E-state index in [1.54, 1.807) is 41.5 Å². The van der Waals surface area contributed by atoms with Gasteiger partial charge in [0.1, 0.15) is 0 Å². The van der Waals surface area contributed by atoms with Gasteiger partial charge in [0, 0.05) is 0 Å².